The van der Waals surface area contributed by atoms with Gasteiger partial charge in [0.1, 0.15) is 0 Å². The Morgan fingerprint density at radius 3 is 2.58 bits per heavy atom. The van der Waals surface area contributed by atoms with Crippen molar-refractivity contribution in [1.29, 1.82) is 0 Å². The van der Waals surface area contributed by atoms with Gasteiger partial charge in [-0.1, -0.05) is 12.1 Å². The highest BCUT2D eigenvalue weighted by Gasteiger charge is 2.29. The number of hydrogen-bond acceptors (Lipinski definition) is 3. The molecule has 4 nitrogen and oxygen atoms in total. The van der Waals surface area contributed by atoms with Crippen LogP contribution in [0.4, 0.5) is 0 Å². The average molecular weight is 263 g/mol. The van der Waals surface area contributed by atoms with Gasteiger partial charge in [0.25, 0.3) is 5.91 Å². The average Bonchev–Trinajstić information content (AvgIpc) is 2.37. The Kier molecular flexibility index (Phi) is 4.30. The van der Waals surface area contributed by atoms with E-state index in [2.05, 4.69) is 13.8 Å². The summed E-state index contributed by atoms with van der Waals surface area (Å²) in [7, 11) is 0. The van der Waals surface area contributed by atoms with Crippen molar-refractivity contribution >= 4 is 5.91 Å². The van der Waals surface area contributed by atoms with Gasteiger partial charge in [-0.15, -0.1) is 0 Å². The predicted molar refractivity (Wildman–Crippen MR) is 73.2 cm³/mol. The molecule has 1 aromatic carbocycles. The third-order valence-corrected chi connectivity index (χ3v) is 3.70. The van der Waals surface area contributed by atoms with Crippen LogP contribution >= 0.6 is 0 Å². The third kappa shape index (κ3) is 3.19. The molecule has 1 N–H and O–H groups in total. The van der Waals surface area contributed by atoms with Gasteiger partial charge in [-0.2, -0.15) is 0 Å². The molecule has 4 heteroatoms. The fourth-order valence-corrected chi connectivity index (χ4v) is 2.71. The first-order chi connectivity index (χ1) is 9.09. The number of nitrogens with zero attached hydrogens (tertiary/aromatic N) is 1. The molecule has 0 radical (unpaired) electrons. The first-order valence-electron chi connectivity index (χ1n) is 6.81. The Balaban J connectivity index is 1.95. The Morgan fingerprint density at radius 2 is 1.95 bits per heavy atom. The molecule has 2 atom stereocenters. The monoisotopic (exact) mass is 263 g/mol. The molecule has 19 heavy (non-hydrogen) atoms. The van der Waals surface area contributed by atoms with Crippen LogP contribution in [0.25, 0.3) is 0 Å². The van der Waals surface area contributed by atoms with Crippen molar-refractivity contribution in [2.45, 2.75) is 45.2 Å². The second-order valence-corrected chi connectivity index (χ2v) is 5.19. The lowest BCUT2D eigenvalue weighted by Crippen LogP contribution is -2.49. The molecular formula is C15H21NO3. The Labute approximate surface area is 114 Å². The van der Waals surface area contributed by atoms with E-state index in [-0.39, 0.29) is 30.3 Å². The van der Waals surface area contributed by atoms with E-state index in [9.17, 15) is 9.90 Å². The second-order valence-electron chi connectivity index (χ2n) is 5.19. The fraction of sp³-hybridized carbons (Fsp3) is 0.533. The molecule has 1 saturated heterocycles. The fourth-order valence-electron chi connectivity index (χ4n) is 2.71. The highest BCUT2D eigenvalue weighted by Crippen LogP contribution is 2.26. The molecule has 2 unspecified atom stereocenters. The third-order valence-electron chi connectivity index (χ3n) is 3.70. The van der Waals surface area contributed by atoms with Crippen LogP contribution in [0.3, 0.4) is 0 Å². The number of carbonyl (C=O) groups is 1. The van der Waals surface area contributed by atoms with Crippen LogP contribution in [0, 0.1) is 0 Å². The van der Waals surface area contributed by atoms with Crippen molar-refractivity contribution < 1.29 is 14.6 Å². The van der Waals surface area contributed by atoms with Gasteiger partial charge < -0.3 is 14.7 Å². The van der Waals surface area contributed by atoms with E-state index >= 15 is 0 Å². The maximum absolute atomic E-state index is 12.2. The summed E-state index contributed by atoms with van der Waals surface area (Å²) in [4.78, 5) is 14.1. The Bertz CT molecular complexity index is 437. The standard InChI is InChI=1S/C15H21NO3/c1-11-6-5-7-12(2)16(11)15(18)10-19-14-9-4-3-8-13(14)17/h3-4,8-9,11-12,17H,5-7,10H2,1-2H3. The summed E-state index contributed by atoms with van der Waals surface area (Å²) in [6.45, 7) is 4.13. The lowest BCUT2D eigenvalue weighted by Gasteiger charge is -2.38. The van der Waals surface area contributed by atoms with Gasteiger partial charge in [-0.05, 0) is 45.2 Å². The molecule has 1 fully saturated rings. The number of phenolic OH excluding ortho intramolecular Hbond substituents is 1. The zero-order chi connectivity index (χ0) is 13.8. The second kappa shape index (κ2) is 5.95. The van der Waals surface area contributed by atoms with Gasteiger partial charge in [-0.25, -0.2) is 0 Å². The molecule has 1 amide bonds. The predicted octanol–water partition coefficient (Wildman–Crippen LogP) is 2.56. The van der Waals surface area contributed by atoms with E-state index in [0.29, 0.717) is 5.75 Å². The molecule has 1 aliphatic heterocycles. The highest BCUT2D eigenvalue weighted by molar-refractivity contribution is 5.78. The summed E-state index contributed by atoms with van der Waals surface area (Å²) in [5, 5.41) is 9.59. The minimum Gasteiger partial charge on any atom is -0.504 e. The van der Waals surface area contributed by atoms with Gasteiger partial charge in [0.15, 0.2) is 18.1 Å². The van der Waals surface area contributed by atoms with Crippen molar-refractivity contribution in [3.05, 3.63) is 24.3 Å². The van der Waals surface area contributed by atoms with Gasteiger partial charge in [0.05, 0.1) is 0 Å². The number of carbonyl (C=O) groups excluding carboxylic acids is 1. The van der Waals surface area contributed by atoms with Crippen LogP contribution in [-0.4, -0.2) is 34.6 Å². The number of benzene rings is 1. The van der Waals surface area contributed by atoms with E-state index in [1.807, 2.05) is 4.90 Å². The molecule has 1 aliphatic rings. The lowest BCUT2D eigenvalue weighted by atomic mass is 9.97. The minimum absolute atomic E-state index is 0.0112. The molecule has 0 spiro atoms. The van der Waals surface area contributed by atoms with Gasteiger partial charge in [-0.3, -0.25) is 4.79 Å². The normalized spacial score (nSPS) is 23.2. The van der Waals surface area contributed by atoms with Crippen molar-refractivity contribution in [3.63, 3.8) is 0 Å². The maximum atomic E-state index is 12.2. The van der Waals surface area contributed by atoms with Crippen LogP contribution < -0.4 is 4.74 Å². The van der Waals surface area contributed by atoms with Crippen LogP contribution in [0.2, 0.25) is 0 Å². The molecule has 0 saturated carbocycles. The van der Waals surface area contributed by atoms with Crippen LogP contribution in [0.1, 0.15) is 33.1 Å². The van der Waals surface area contributed by atoms with Crippen LogP contribution in [0.5, 0.6) is 11.5 Å². The van der Waals surface area contributed by atoms with Crippen molar-refractivity contribution in [2.24, 2.45) is 0 Å². The lowest BCUT2D eigenvalue weighted by molar-refractivity contribution is -0.139. The Morgan fingerprint density at radius 1 is 1.32 bits per heavy atom. The van der Waals surface area contributed by atoms with Gasteiger partial charge in [0.2, 0.25) is 0 Å². The number of phenols is 1. The first-order valence-corrected chi connectivity index (χ1v) is 6.81. The van der Waals surface area contributed by atoms with Crippen molar-refractivity contribution in [1.82, 2.24) is 4.90 Å². The topological polar surface area (TPSA) is 49.8 Å². The summed E-state index contributed by atoms with van der Waals surface area (Å²) >= 11 is 0. The number of amides is 1. The summed E-state index contributed by atoms with van der Waals surface area (Å²) in [6.07, 6.45) is 3.27. The molecule has 1 heterocycles. The van der Waals surface area contributed by atoms with E-state index in [0.717, 1.165) is 12.8 Å². The highest BCUT2D eigenvalue weighted by atomic mass is 16.5. The van der Waals surface area contributed by atoms with Crippen LogP contribution in [0.15, 0.2) is 24.3 Å². The minimum atomic E-state index is -0.0216. The summed E-state index contributed by atoms with van der Waals surface area (Å²) in [6, 6.07) is 7.23. The molecule has 104 valence electrons. The molecule has 0 bridgehead atoms. The SMILES string of the molecule is CC1CCCC(C)N1C(=O)COc1ccccc1O. The summed E-state index contributed by atoms with van der Waals surface area (Å²) in [5.41, 5.74) is 0. The van der Waals surface area contributed by atoms with Crippen molar-refractivity contribution in [3.8, 4) is 11.5 Å². The summed E-state index contributed by atoms with van der Waals surface area (Å²) in [5.74, 6) is 0.408. The number of ether oxygens (including phenoxy) is 1. The van der Waals surface area contributed by atoms with Crippen molar-refractivity contribution in [2.75, 3.05) is 6.61 Å². The van der Waals surface area contributed by atoms with Crippen LogP contribution in [-0.2, 0) is 4.79 Å². The summed E-state index contributed by atoms with van der Waals surface area (Å²) < 4.78 is 5.41. The van der Waals surface area contributed by atoms with Gasteiger partial charge >= 0.3 is 0 Å². The number of hydrogen-bond donors (Lipinski definition) is 1. The molecule has 0 aliphatic carbocycles. The quantitative estimate of drug-likeness (QED) is 0.911. The number of piperidine rings is 1. The smallest absolute Gasteiger partial charge is 0.260 e. The molecule has 0 aromatic heterocycles. The van der Waals surface area contributed by atoms with E-state index < -0.39 is 0 Å². The maximum Gasteiger partial charge on any atom is 0.260 e. The van der Waals surface area contributed by atoms with E-state index in [1.165, 1.54) is 6.42 Å². The Hall–Kier alpha value is -1.71. The number of rotatable bonds is 3. The number of para-hydroxylation sites is 2. The zero-order valence-electron chi connectivity index (χ0n) is 11.5. The molecule has 2 rings (SSSR count). The van der Waals surface area contributed by atoms with E-state index in [1.54, 1.807) is 24.3 Å². The molecule has 1 aromatic rings. The number of likely N-dealkylation sites (tertiary alicyclic amines) is 1. The van der Waals surface area contributed by atoms with Gasteiger partial charge in [0, 0.05) is 12.1 Å². The van der Waals surface area contributed by atoms with E-state index in [4.69, 9.17) is 4.74 Å². The largest absolute Gasteiger partial charge is 0.504 e. The number of aromatic hydroxyl groups is 1. The molecular weight excluding hydrogens is 242 g/mol. The first kappa shape index (κ1) is 13.7. The zero-order valence-corrected chi connectivity index (χ0v) is 11.5.